The first kappa shape index (κ1) is 14.0. The number of hydrogen-bond acceptors (Lipinski definition) is 4. The summed E-state index contributed by atoms with van der Waals surface area (Å²) in [6, 6.07) is 6.78. The second-order valence-electron chi connectivity index (χ2n) is 3.81. The Balaban J connectivity index is 2.88. The summed E-state index contributed by atoms with van der Waals surface area (Å²) >= 11 is 0. The maximum Gasteiger partial charge on any atom is 0.255 e. The summed E-state index contributed by atoms with van der Waals surface area (Å²) in [6.07, 6.45) is -0.501. The molecule has 1 atom stereocenters. The smallest absolute Gasteiger partial charge is 0.255 e. The van der Waals surface area contributed by atoms with Crippen molar-refractivity contribution in [1.29, 1.82) is 0 Å². The van der Waals surface area contributed by atoms with E-state index in [1.807, 2.05) is 0 Å². The second-order valence-corrected chi connectivity index (χ2v) is 3.81. The standard InChI is InChI=1S/C12H17N3O3/c1-8(18-3)12(16)15(2)10-6-4-9(5-7-10)11(13)14-17/h4-8,17H,1-3H3,(H2,13,14). The summed E-state index contributed by atoms with van der Waals surface area (Å²) < 4.78 is 4.97. The third-order valence-corrected chi connectivity index (χ3v) is 2.69. The number of ether oxygens (including phenoxy) is 1. The van der Waals surface area contributed by atoms with Gasteiger partial charge < -0.3 is 20.6 Å². The number of oxime groups is 1. The number of rotatable bonds is 4. The van der Waals surface area contributed by atoms with Crippen LogP contribution in [0.25, 0.3) is 0 Å². The van der Waals surface area contributed by atoms with E-state index in [2.05, 4.69) is 5.16 Å². The molecule has 0 heterocycles. The number of nitrogens with zero attached hydrogens (tertiary/aromatic N) is 2. The zero-order chi connectivity index (χ0) is 13.7. The Morgan fingerprint density at radius 1 is 1.44 bits per heavy atom. The number of benzene rings is 1. The molecule has 6 heteroatoms. The lowest BCUT2D eigenvalue weighted by Gasteiger charge is -2.20. The number of hydrogen-bond donors (Lipinski definition) is 2. The quantitative estimate of drug-likeness (QED) is 0.358. The van der Waals surface area contributed by atoms with Gasteiger partial charge in [0.1, 0.15) is 6.10 Å². The van der Waals surface area contributed by atoms with Gasteiger partial charge in [0.05, 0.1) is 0 Å². The number of carbonyl (C=O) groups excluding carboxylic acids is 1. The largest absolute Gasteiger partial charge is 0.409 e. The van der Waals surface area contributed by atoms with Gasteiger partial charge in [-0.05, 0) is 31.2 Å². The van der Waals surface area contributed by atoms with Gasteiger partial charge in [0.25, 0.3) is 5.91 Å². The lowest BCUT2D eigenvalue weighted by Crippen LogP contribution is -2.35. The van der Waals surface area contributed by atoms with Crippen LogP contribution in [0.4, 0.5) is 5.69 Å². The fourth-order valence-electron chi connectivity index (χ4n) is 1.41. The fourth-order valence-corrected chi connectivity index (χ4v) is 1.41. The maximum atomic E-state index is 11.9. The Morgan fingerprint density at radius 3 is 2.44 bits per heavy atom. The first-order valence-corrected chi connectivity index (χ1v) is 5.39. The van der Waals surface area contributed by atoms with E-state index in [1.165, 1.54) is 12.0 Å². The van der Waals surface area contributed by atoms with Crippen molar-refractivity contribution in [2.24, 2.45) is 10.9 Å². The molecule has 0 aliphatic rings. The molecule has 0 aliphatic heterocycles. The van der Waals surface area contributed by atoms with Gasteiger partial charge in [0.2, 0.25) is 0 Å². The Labute approximate surface area is 106 Å². The fraction of sp³-hybridized carbons (Fsp3) is 0.333. The molecule has 0 bridgehead atoms. The van der Waals surface area contributed by atoms with Crippen LogP contribution in [0.5, 0.6) is 0 Å². The summed E-state index contributed by atoms with van der Waals surface area (Å²) in [4.78, 5) is 13.4. The zero-order valence-corrected chi connectivity index (χ0v) is 10.6. The maximum absolute atomic E-state index is 11.9. The molecule has 0 aromatic heterocycles. The minimum absolute atomic E-state index is 0.0285. The van der Waals surface area contributed by atoms with Crippen molar-refractivity contribution >= 4 is 17.4 Å². The summed E-state index contributed by atoms with van der Waals surface area (Å²) in [6.45, 7) is 1.68. The summed E-state index contributed by atoms with van der Waals surface area (Å²) in [5.74, 6) is -0.116. The molecule has 1 rings (SSSR count). The number of carbonyl (C=O) groups is 1. The first-order chi connectivity index (χ1) is 8.51. The highest BCUT2D eigenvalue weighted by Gasteiger charge is 2.17. The van der Waals surface area contributed by atoms with Crippen LogP contribution in [0.3, 0.4) is 0 Å². The van der Waals surface area contributed by atoms with Gasteiger partial charge in [0, 0.05) is 25.4 Å². The molecule has 0 radical (unpaired) electrons. The van der Waals surface area contributed by atoms with Crippen LogP contribution in [-0.4, -0.2) is 37.2 Å². The molecule has 0 saturated heterocycles. The number of anilines is 1. The normalized spacial score (nSPS) is 13.2. The van der Waals surface area contributed by atoms with Crippen LogP contribution < -0.4 is 10.6 Å². The molecule has 18 heavy (non-hydrogen) atoms. The highest BCUT2D eigenvalue weighted by atomic mass is 16.5. The second kappa shape index (κ2) is 6.02. The molecular formula is C12H17N3O3. The molecule has 0 fully saturated rings. The van der Waals surface area contributed by atoms with E-state index in [0.717, 1.165) is 0 Å². The lowest BCUT2D eigenvalue weighted by molar-refractivity contribution is -0.127. The third kappa shape index (κ3) is 2.98. The molecule has 0 spiro atoms. The monoisotopic (exact) mass is 251 g/mol. The molecule has 1 aromatic carbocycles. The van der Waals surface area contributed by atoms with Gasteiger partial charge in [-0.15, -0.1) is 0 Å². The van der Waals surface area contributed by atoms with Crippen molar-refractivity contribution in [3.8, 4) is 0 Å². The van der Waals surface area contributed by atoms with Crippen molar-refractivity contribution in [1.82, 2.24) is 0 Å². The number of likely N-dealkylation sites (N-methyl/N-ethyl adjacent to an activating group) is 1. The van der Waals surface area contributed by atoms with Gasteiger partial charge in [-0.2, -0.15) is 0 Å². The number of nitrogens with two attached hydrogens (primary N) is 1. The van der Waals surface area contributed by atoms with Gasteiger partial charge in [0.15, 0.2) is 5.84 Å². The predicted molar refractivity (Wildman–Crippen MR) is 68.8 cm³/mol. The summed E-state index contributed by atoms with van der Waals surface area (Å²) in [5.41, 5.74) is 6.74. The van der Waals surface area contributed by atoms with Crippen molar-refractivity contribution in [3.05, 3.63) is 29.8 Å². The van der Waals surface area contributed by atoms with Crippen molar-refractivity contribution in [2.75, 3.05) is 19.1 Å². The van der Waals surface area contributed by atoms with Crippen LogP contribution in [-0.2, 0) is 9.53 Å². The molecule has 6 nitrogen and oxygen atoms in total. The van der Waals surface area contributed by atoms with Crippen LogP contribution in [0, 0.1) is 0 Å². The minimum atomic E-state index is -0.501. The molecule has 98 valence electrons. The molecule has 0 aliphatic carbocycles. The van der Waals surface area contributed by atoms with E-state index >= 15 is 0 Å². The van der Waals surface area contributed by atoms with E-state index in [0.29, 0.717) is 11.3 Å². The topological polar surface area (TPSA) is 88.2 Å². The highest BCUT2D eigenvalue weighted by molar-refractivity contribution is 5.99. The Hall–Kier alpha value is -2.08. The molecule has 0 saturated carbocycles. The lowest BCUT2D eigenvalue weighted by atomic mass is 10.2. The number of methoxy groups -OCH3 is 1. The van der Waals surface area contributed by atoms with Crippen molar-refractivity contribution < 1.29 is 14.7 Å². The molecule has 1 aromatic rings. The average Bonchev–Trinajstić information content (AvgIpc) is 2.44. The van der Waals surface area contributed by atoms with E-state index in [4.69, 9.17) is 15.7 Å². The molecular weight excluding hydrogens is 234 g/mol. The van der Waals surface area contributed by atoms with E-state index in [1.54, 1.807) is 38.2 Å². The van der Waals surface area contributed by atoms with E-state index in [9.17, 15) is 4.79 Å². The third-order valence-electron chi connectivity index (χ3n) is 2.69. The van der Waals surface area contributed by atoms with Crippen molar-refractivity contribution in [2.45, 2.75) is 13.0 Å². The van der Waals surface area contributed by atoms with Crippen molar-refractivity contribution in [3.63, 3.8) is 0 Å². The number of amidine groups is 1. The van der Waals surface area contributed by atoms with Gasteiger partial charge >= 0.3 is 0 Å². The summed E-state index contributed by atoms with van der Waals surface area (Å²) in [5, 5.41) is 11.4. The average molecular weight is 251 g/mol. The van der Waals surface area contributed by atoms with E-state index in [-0.39, 0.29) is 11.7 Å². The van der Waals surface area contributed by atoms with Gasteiger partial charge in [-0.25, -0.2) is 0 Å². The predicted octanol–water partition coefficient (Wildman–Crippen LogP) is 0.779. The molecule has 1 unspecified atom stereocenters. The van der Waals surface area contributed by atoms with Crippen LogP contribution >= 0.6 is 0 Å². The number of amides is 1. The van der Waals surface area contributed by atoms with Gasteiger partial charge in [-0.1, -0.05) is 5.16 Å². The van der Waals surface area contributed by atoms with Crippen LogP contribution in [0.1, 0.15) is 12.5 Å². The van der Waals surface area contributed by atoms with Crippen LogP contribution in [0.15, 0.2) is 29.4 Å². The van der Waals surface area contributed by atoms with E-state index < -0.39 is 6.10 Å². The van der Waals surface area contributed by atoms with Gasteiger partial charge in [-0.3, -0.25) is 4.79 Å². The SMILES string of the molecule is COC(C)C(=O)N(C)c1ccc(/C(N)=N/O)cc1. The highest BCUT2D eigenvalue weighted by Crippen LogP contribution is 2.15. The Morgan fingerprint density at radius 2 is 2.00 bits per heavy atom. The first-order valence-electron chi connectivity index (χ1n) is 5.39. The molecule has 1 amide bonds. The Kier molecular flexibility index (Phi) is 4.67. The van der Waals surface area contributed by atoms with Crippen LogP contribution in [0.2, 0.25) is 0 Å². The zero-order valence-electron chi connectivity index (χ0n) is 10.6. The summed E-state index contributed by atoms with van der Waals surface area (Å²) in [7, 11) is 3.15. The minimum Gasteiger partial charge on any atom is -0.409 e. The molecule has 3 N–H and O–H groups in total. The Bertz CT molecular complexity index is 442.